The van der Waals surface area contributed by atoms with E-state index in [4.69, 9.17) is 8.83 Å². The number of furan rings is 2. The lowest BCUT2D eigenvalue weighted by atomic mass is 9.90. The molecule has 0 saturated carbocycles. The van der Waals surface area contributed by atoms with Crippen molar-refractivity contribution in [3.8, 4) is 55.8 Å². The summed E-state index contributed by atoms with van der Waals surface area (Å²) in [5, 5.41) is 7.96. The van der Waals surface area contributed by atoms with Crippen molar-refractivity contribution in [2.24, 2.45) is 0 Å². The molecule has 0 bridgehead atoms. The van der Waals surface area contributed by atoms with Gasteiger partial charge >= 0.3 is 0 Å². The average molecular weight is 856 g/mol. The van der Waals surface area contributed by atoms with Gasteiger partial charge in [0.15, 0.2) is 0 Å². The maximum absolute atomic E-state index is 7.02. The first-order chi connectivity index (χ1) is 33.2. The Labute approximate surface area is 388 Å². The molecule has 0 N–H and O–H groups in total. The minimum atomic E-state index is 0.847. The van der Waals surface area contributed by atoms with Crippen LogP contribution in [-0.4, -0.2) is 0 Å². The summed E-state index contributed by atoms with van der Waals surface area (Å²) >= 11 is 0. The van der Waals surface area contributed by atoms with Gasteiger partial charge in [-0.1, -0.05) is 188 Å². The van der Waals surface area contributed by atoms with Crippen LogP contribution in [0, 0.1) is 0 Å². The van der Waals surface area contributed by atoms with E-state index in [1.54, 1.807) is 0 Å². The van der Waals surface area contributed by atoms with E-state index in [-0.39, 0.29) is 0 Å². The van der Waals surface area contributed by atoms with E-state index >= 15 is 0 Å². The number of hydrogen-bond acceptors (Lipinski definition) is 3. The molecule has 13 rings (SSSR count). The minimum Gasteiger partial charge on any atom is -0.456 e. The molecule has 0 fully saturated rings. The van der Waals surface area contributed by atoms with Crippen LogP contribution in [0.5, 0.6) is 0 Å². The van der Waals surface area contributed by atoms with Crippen molar-refractivity contribution in [1.82, 2.24) is 0 Å². The average Bonchev–Trinajstić information content (AvgIpc) is 3.99. The number of rotatable bonds is 8. The van der Waals surface area contributed by atoms with Gasteiger partial charge < -0.3 is 13.7 Å². The summed E-state index contributed by atoms with van der Waals surface area (Å²) in [6.07, 6.45) is 0. The second kappa shape index (κ2) is 16.0. The largest absolute Gasteiger partial charge is 0.456 e. The van der Waals surface area contributed by atoms with Crippen molar-refractivity contribution in [2.45, 2.75) is 0 Å². The summed E-state index contributed by atoms with van der Waals surface area (Å²) in [6.45, 7) is 0. The fourth-order valence-corrected chi connectivity index (χ4v) is 10.0. The van der Waals surface area contributed by atoms with Crippen LogP contribution in [0.1, 0.15) is 0 Å². The quantitative estimate of drug-likeness (QED) is 0.143. The molecule has 3 heteroatoms. The Morgan fingerprint density at radius 3 is 1.30 bits per heavy atom. The van der Waals surface area contributed by atoms with Gasteiger partial charge in [-0.25, -0.2) is 0 Å². The normalized spacial score (nSPS) is 11.6. The fraction of sp³-hybridized carbons (Fsp3) is 0. The Kier molecular flexibility index (Phi) is 9.17. The van der Waals surface area contributed by atoms with Gasteiger partial charge in [0.2, 0.25) is 0 Å². The van der Waals surface area contributed by atoms with Gasteiger partial charge in [-0.15, -0.1) is 0 Å². The second-order valence-corrected chi connectivity index (χ2v) is 17.2. The van der Waals surface area contributed by atoms with Crippen LogP contribution in [0.2, 0.25) is 0 Å². The smallest absolute Gasteiger partial charge is 0.143 e. The van der Waals surface area contributed by atoms with Crippen molar-refractivity contribution in [3.05, 3.63) is 249 Å². The third-order valence-corrected chi connectivity index (χ3v) is 13.3. The molecule has 0 atom stereocenters. The van der Waals surface area contributed by atoms with E-state index in [1.807, 2.05) is 6.07 Å². The molecule has 0 unspecified atom stereocenters. The first kappa shape index (κ1) is 38.5. The molecule has 3 nitrogen and oxygen atoms in total. The van der Waals surface area contributed by atoms with E-state index in [9.17, 15) is 0 Å². The molecule has 314 valence electrons. The number of fused-ring (bicyclic) bond motifs is 9. The maximum atomic E-state index is 7.02. The SMILES string of the molecule is c1ccc(-c2ccc(N(c3ccc(-c4ccc5c6ccccc6c6oc(-c7ccccc7)c(-c7ccccc7)c6c5c4)cc3)c3ccc4c(c3)oc3cc(-c5ccccc5)ccc34)cc2)cc1. The predicted molar refractivity (Wildman–Crippen MR) is 280 cm³/mol. The lowest BCUT2D eigenvalue weighted by molar-refractivity contribution is 0.636. The maximum Gasteiger partial charge on any atom is 0.143 e. The highest BCUT2D eigenvalue weighted by Crippen LogP contribution is 2.48. The summed E-state index contributed by atoms with van der Waals surface area (Å²) in [6, 6.07) is 88.6. The zero-order chi connectivity index (χ0) is 44.3. The van der Waals surface area contributed by atoms with E-state index in [2.05, 4.69) is 248 Å². The highest BCUT2D eigenvalue weighted by atomic mass is 16.3. The highest BCUT2D eigenvalue weighted by Gasteiger charge is 2.23. The molecule has 0 aliphatic rings. The van der Waals surface area contributed by atoms with Gasteiger partial charge in [0.25, 0.3) is 0 Å². The number of nitrogens with zero attached hydrogens (tertiary/aromatic N) is 1. The van der Waals surface area contributed by atoms with Crippen LogP contribution < -0.4 is 4.90 Å². The molecule has 0 amide bonds. The van der Waals surface area contributed by atoms with Crippen LogP contribution in [0.15, 0.2) is 258 Å². The molecular weight excluding hydrogens is 815 g/mol. The zero-order valence-electron chi connectivity index (χ0n) is 36.4. The molecule has 11 aromatic carbocycles. The summed E-state index contributed by atoms with van der Waals surface area (Å²) in [4.78, 5) is 2.32. The van der Waals surface area contributed by atoms with Crippen molar-refractivity contribution in [1.29, 1.82) is 0 Å². The number of hydrogen-bond donors (Lipinski definition) is 0. The summed E-state index contributed by atoms with van der Waals surface area (Å²) in [5.41, 5.74) is 15.9. The van der Waals surface area contributed by atoms with Gasteiger partial charge in [-0.3, -0.25) is 0 Å². The summed E-state index contributed by atoms with van der Waals surface area (Å²) < 4.78 is 13.7. The molecule has 0 aliphatic heterocycles. The molecule has 13 aromatic rings. The fourth-order valence-electron chi connectivity index (χ4n) is 10.0. The third kappa shape index (κ3) is 6.67. The van der Waals surface area contributed by atoms with Crippen molar-refractivity contribution in [3.63, 3.8) is 0 Å². The van der Waals surface area contributed by atoms with E-state index in [0.717, 1.165) is 99.9 Å². The topological polar surface area (TPSA) is 29.5 Å². The third-order valence-electron chi connectivity index (χ3n) is 13.3. The van der Waals surface area contributed by atoms with Crippen molar-refractivity contribution in [2.75, 3.05) is 4.90 Å². The standard InChI is InChI=1S/C64H41NO2/c1-5-15-42(16-6-1)44-25-31-50(32-26-44)65(52-35-38-56-55-37-30-49(43-17-7-2-8-18-43)40-59(55)66-60(56)41-52)51-33-27-45(28-34-51)48-29-36-54-53-23-13-14-24-57(53)64-62(58(54)39-48)61(46-19-9-3-10-20-46)63(67-64)47-21-11-4-12-22-47/h1-41H. The Balaban J connectivity index is 0.946. The molecule has 0 radical (unpaired) electrons. The Bertz CT molecular complexity index is 3930. The second-order valence-electron chi connectivity index (χ2n) is 17.2. The van der Waals surface area contributed by atoms with Crippen molar-refractivity contribution >= 4 is 71.5 Å². The van der Waals surface area contributed by atoms with Crippen LogP contribution in [0.4, 0.5) is 17.1 Å². The lowest BCUT2D eigenvalue weighted by Gasteiger charge is -2.26. The monoisotopic (exact) mass is 855 g/mol. The highest BCUT2D eigenvalue weighted by molar-refractivity contribution is 6.29. The van der Waals surface area contributed by atoms with Crippen LogP contribution in [-0.2, 0) is 0 Å². The molecule has 0 spiro atoms. The minimum absolute atomic E-state index is 0.847. The van der Waals surface area contributed by atoms with Gasteiger partial charge in [0.05, 0.1) is 0 Å². The van der Waals surface area contributed by atoms with Crippen molar-refractivity contribution < 1.29 is 8.83 Å². The Hall–Kier alpha value is -8.92. The van der Waals surface area contributed by atoms with E-state index in [0.29, 0.717) is 0 Å². The molecule has 2 heterocycles. The van der Waals surface area contributed by atoms with Crippen LogP contribution >= 0.6 is 0 Å². The first-order valence-electron chi connectivity index (χ1n) is 22.8. The Morgan fingerprint density at radius 2 is 0.672 bits per heavy atom. The first-order valence-corrected chi connectivity index (χ1v) is 22.8. The molecule has 2 aromatic heterocycles. The molecule has 0 aliphatic carbocycles. The number of anilines is 3. The molecular formula is C64H41NO2. The van der Waals surface area contributed by atoms with Gasteiger partial charge in [-0.05, 0) is 110 Å². The number of benzene rings is 11. The molecule has 67 heavy (non-hydrogen) atoms. The van der Waals surface area contributed by atoms with Gasteiger partial charge in [-0.2, -0.15) is 0 Å². The predicted octanol–water partition coefficient (Wildman–Crippen LogP) is 18.4. The van der Waals surface area contributed by atoms with Crippen LogP contribution in [0.3, 0.4) is 0 Å². The van der Waals surface area contributed by atoms with Crippen LogP contribution in [0.25, 0.3) is 110 Å². The molecule has 0 saturated heterocycles. The lowest BCUT2D eigenvalue weighted by Crippen LogP contribution is -2.09. The Morgan fingerprint density at radius 1 is 0.254 bits per heavy atom. The van der Waals surface area contributed by atoms with E-state index < -0.39 is 0 Å². The van der Waals surface area contributed by atoms with Gasteiger partial charge in [0, 0.05) is 55.8 Å². The zero-order valence-corrected chi connectivity index (χ0v) is 36.4. The van der Waals surface area contributed by atoms with Gasteiger partial charge in [0.1, 0.15) is 22.5 Å². The summed E-state index contributed by atoms with van der Waals surface area (Å²) in [7, 11) is 0. The van der Waals surface area contributed by atoms with E-state index in [1.165, 1.54) is 27.5 Å². The summed E-state index contributed by atoms with van der Waals surface area (Å²) in [5.74, 6) is 0.879.